The standard InChI is InChI=1S/C21H22N2O6S2/c1-13(2)31(26,27)16-7-5-6-14(10-16)20(25)22-21-23(12-19(24)29-4)17-9-8-15(28-3)11-18(17)30-21/h5-11,13H,12H2,1-4H3. The number of carbonyl (C=O) groups excluding carboxylic acids is 2. The van der Waals surface area contributed by atoms with E-state index in [1.807, 2.05) is 0 Å². The fraction of sp³-hybridized carbons (Fsp3) is 0.286. The Morgan fingerprint density at radius 1 is 1.13 bits per heavy atom. The highest BCUT2D eigenvalue weighted by atomic mass is 32.2. The van der Waals surface area contributed by atoms with E-state index in [4.69, 9.17) is 9.47 Å². The summed E-state index contributed by atoms with van der Waals surface area (Å²) in [6, 6.07) is 11.1. The van der Waals surface area contributed by atoms with Gasteiger partial charge in [0.05, 0.1) is 34.6 Å². The summed E-state index contributed by atoms with van der Waals surface area (Å²) in [4.78, 5) is 29.3. The third-order valence-corrected chi connectivity index (χ3v) is 7.83. The van der Waals surface area contributed by atoms with Crippen molar-refractivity contribution in [3.8, 4) is 5.75 Å². The van der Waals surface area contributed by atoms with Crippen molar-refractivity contribution in [3.05, 3.63) is 52.8 Å². The van der Waals surface area contributed by atoms with Gasteiger partial charge < -0.3 is 14.0 Å². The Hall–Kier alpha value is -2.98. The third kappa shape index (κ3) is 4.70. The molecule has 0 saturated heterocycles. The first kappa shape index (κ1) is 22.7. The summed E-state index contributed by atoms with van der Waals surface area (Å²) < 4.78 is 37.2. The number of rotatable bonds is 6. The first-order valence-electron chi connectivity index (χ1n) is 9.34. The quantitative estimate of drug-likeness (QED) is 0.522. The molecule has 3 aromatic rings. The fourth-order valence-corrected chi connectivity index (χ4v) is 5.00. The lowest BCUT2D eigenvalue weighted by atomic mass is 10.2. The monoisotopic (exact) mass is 462 g/mol. The van der Waals surface area contributed by atoms with E-state index in [1.54, 1.807) is 43.7 Å². The minimum absolute atomic E-state index is 0.0621. The molecule has 0 atom stereocenters. The Morgan fingerprint density at radius 2 is 1.87 bits per heavy atom. The van der Waals surface area contributed by atoms with Gasteiger partial charge in [0.25, 0.3) is 5.91 Å². The summed E-state index contributed by atoms with van der Waals surface area (Å²) in [7, 11) is -0.706. The van der Waals surface area contributed by atoms with Crippen molar-refractivity contribution in [1.82, 2.24) is 4.57 Å². The van der Waals surface area contributed by atoms with E-state index in [1.165, 1.54) is 42.7 Å². The number of hydrogen-bond acceptors (Lipinski definition) is 7. The summed E-state index contributed by atoms with van der Waals surface area (Å²) in [6.07, 6.45) is 0. The molecule has 0 bridgehead atoms. The first-order valence-corrected chi connectivity index (χ1v) is 11.7. The van der Waals surface area contributed by atoms with Crippen LogP contribution in [0.2, 0.25) is 0 Å². The van der Waals surface area contributed by atoms with Gasteiger partial charge in [-0.25, -0.2) is 8.42 Å². The third-order valence-electron chi connectivity index (χ3n) is 4.63. The van der Waals surface area contributed by atoms with Gasteiger partial charge in [-0.1, -0.05) is 17.4 Å². The molecule has 0 radical (unpaired) electrons. The van der Waals surface area contributed by atoms with Crippen LogP contribution in [0, 0.1) is 0 Å². The van der Waals surface area contributed by atoms with Gasteiger partial charge in [-0.2, -0.15) is 4.99 Å². The average Bonchev–Trinajstić information content (AvgIpc) is 3.09. The second-order valence-corrected chi connectivity index (χ2v) is 10.4. The number of carbonyl (C=O) groups is 2. The highest BCUT2D eigenvalue weighted by Crippen LogP contribution is 2.23. The predicted octanol–water partition coefficient (Wildman–Crippen LogP) is 2.81. The highest BCUT2D eigenvalue weighted by Gasteiger charge is 2.20. The second kappa shape index (κ2) is 9.03. The number of benzene rings is 2. The van der Waals surface area contributed by atoms with Crippen LogP contribution in [0.4, 0.5) is 0 Å². The zero-order valence-corrected chi connectivity index (χ0v) is 19.1. The molecule has 8 nitrogen and oxygen atoms in total. The topological polar surface area (TPSA) is 104 Å². The molecule has 0 saturated carbocycles. The summed E-state index contributed by atoms with van der Waals surface area (Å²) in [6.45, 7) is 3.03. The number of ether oxygens (including phenoxy) is 2. The van der Waals surface area contributed by atoms with Crippen LogP contribution < -0.4 is 9.54 Å². The van der Waals surface area contributed by atoms with Gasteiger partial charge in [-0.05, 0) is 50.2 Å². The second-order valence-electron chi connectivity index (χ2n) is 6.92. The molecule has 3 rings (SSSR count). The largest absolute Gasteiger partial charge is 0.497 e. The number of sulfone groups is 1. The van der Waals surface area contributed by atoms with E-state index in [2.05, 4.69) is 4.99 Å². The van der Waals surface area contributed by atoms with Crippen LogP contribution in [0.3, 0.4) is 0 Å². The van der Waals surface area contributed by atoms with Gasteiger partial charge in [-0.15, -0.1) is 0 Å². The maximum atomic E-state index is 12.9. The van der Waals surface area contributed by atoms with Crippen molar-refractivity contribution in [2.75, 3.05) is 14.2 Å². The predicted molar refractivity (Wildman–Crippen MR) is 117 cm³/mol. The summed E-state index contributed by atoms with van der Waals surface area (Å²) in [5.41, 5.74) is 0.834. The van der Waals surface area contributed by atoms with Crippen molar-refractivity contribution in [3.63, 3.8) is 0 Å². The zero-order chi connectivity index (χ0) is 22.8. The van der Waals surface area contributed by atoms with Crippen molar-refractivity contribution >= 4 is 43.3 Å². The van der Waals surface area contributed by atoms with E-state index in [0.717, 1.165) is 4.70 Å². The van der Waals surface area contributed by atoms with E-state index >= 15 is 0 Å². The molecule has 0 aliphatic rings. The van der Waals surface area contributed by atoms with E-state index in [9.17, 15) is 18.0 Å². The molecule has 0 spiro atoms. The molecule has 10 heteroatoms. The van der Waals surface area contributed by atoms with Crippen molar-refractivity contribution < 1.29 is 27.5 Å². The lowest BCUT2D eigenvalue weighted by Crippen LogP contribution is -2.22. The van der Waals surface area contributed by atoms with Crippen molar-refractivity contribution in [2.24, 2.45) is 4.99 Å². The molecule has 31 heavy (non-hydrogen) atoms. The zero-order valence-electron chi connectivity index (χ0n) is 17.5. The lowest BCUT2D eigenvalue weighted by molar-refractivity contribution is -0.141. The Labute approximate surface area is 183 Å². The molecule has 0 aliphatic heterocycles. The minimum atomic E-state index is -3.53. The number of hydrogen-bond donors (Lipinski definition) is 0. The normalized spacial score (nSPS) is 12.4. The van der Waals surface area contributed by atoms with Crippen LogP contribution in [0.25, 0.3) is 10.2 Å². The van der Waals surface area contributed by atoms with E-state index in [-0.39, 0.29) is 21.8 Å². The van der Waals surface area contributed by atoms with Gasteiger partial charge in [-0.3, -0.25) is 9.59 Å². The maximum Gasteiger partial charge on any atom is 0.325 e. The van der Waals surface area contributed by atoms with Crippen LogP contribution in [0.5, 0.6) is 5.75 Å². The highest BCUT2D eigenvalue weighted by molar-refractivity contribution is 7.92. The number of methoxy groups -OCH3 is 2. The van der Waals surface area contributed by atoms with Crippen LogP contribution in [-0.2, 0) is 25.9 Å². The van der Waals surface area contributed by atoms with Crippen LogP contribution in [-0.4, -0.2) is 44.3 Å². The number of aromatic nitrogens is 1. The maximum absolute atomic E-state index is 12.9. The van der Waals surface area contributed by atoms with Gasteiger partial charge in [0.15, 0.2) is 14.6 Å². The number of esters is 1. The molecule has 2 aromatic carbocycles. The molecular weight excluding hydrogens is 440 g/mol. The van der Waals surface area contributed by atoms with Crippen molar-refractivity contribution in [2.45, 2.75) is 30.5 Å². The SMILES string of the molecule is COC(=O)Cn1c(=NC(=O)c2cccc(S(=O)(=O)C(C)C)c2)sc2cc(OC)ccc21. The molecule has 0 N–H and O–H groups in total. The fourth-order valence-electron chi connectivity index (χ4n) is 2.84. The van der Waals surface area contributed by atoms with E-state index in [0.29, 0.717) is 11.3 Å². The summed E-state index contributed by atoms with van der Waals surface area (Å²) in [5.74, 6) is -0.476. The van der Waals surface area contributed by atoms with Crippen molar-refractivity contribution in [1.29, 1.82) is 0 Å². The Kier molecular flexibility index (Phi) is 6.61. The molecule has 1 heterocycles. The molecule has 1 amide bonds. The molecular formula is C21H22N2O6S2. The molecule has 1 aromatic heterocycles. The molecule has 0 unspecified atom stereocenters. The van der Waals surface area contributed by atoms with E-state index < -0.39 is 27.0 Å². The van der Waals surface area contributed by atoms with Crippen LogP contribution in [0.15, 0.2) is 52.4 Å². The number of fused-ring (bicyclic) bond motifs is 1. The smallest absolute Gasteiger partial charge is 0.325 e. The Bertz CT molecular complexity index is 1320. The Morgan fingerprint density at radius 3 is 2.52 bits per heavy atom. The molecule has 0 aliphatic carbocycles. The first-order chi connectivity index (χ1) is 14.7. The van der Waals surface area contributed by atoms with Gasteiger partial charge in [0, 0.05) is 5.56 Å². The van der Waals surface area contributed by atoms with Gasteiger partial charge in [0.2, 0.25) is 0 Å². The van der Waals surface area contributed by atoms with Crippen LogP contribution >= 0.6 is 11.3 Å². The summed E-state index contributed by atoms with van der Waals surface area (Å²) >= 11 is 1.21. The Balaban J connectivity index is 2.12. The minimum Gasteiger partial charge on any atom is -0.497 e. The number of nitrogens with zero attached hydrogens (tertiary/aromatic N) is 2. The number of thiazole rings is 1. The van der Waals surface area contributed by atoms with Crippen LogP contribution in [0.1, 0.15) is 24.2 Å². The van der Waals surface area contributed by atoms with Gasteiger partial charge >= 0.3 is 5.97 Å². The lowest BCUT2D eigenvalue weighted by Gasteiger charge is -2.08. The van der Waals surface area contributed by atoms with Gasteiger partial charge in [0.1, 0.15) is 12.3 Å². The number of amides is 1. The average molecular weight is 463 g/mol. The summed E-state index contributed by atoms with van der Waals surface area (Å²) in [5, 5.41) is -0.616. The molecule has 164 valence electrons. The molecule has 0 fully saturated rings.